The second-order valence-electron chi connectivity index (χ2n) is 4.77. The van der Waals surface area contributed by atoms with Gasteiger partial charge in [-0.3, -0.25) is 0 Å². The van der Waals surface area contributed by atoms with Crippen LogP contribution in [0, 0.1) is 64.2 Å². The van der Waals surface area contributed by atoms with Crippen molar-refractivity contribution in [1.29, 1.82) is 0 Å². The molecule has 0 aromatic carbocycles. The van der Waals surface area contributed by atoms with Crippen molar-refractivity contribution in [3.8, 4) is 0 Å². The number of hydrogen-bond acceptors (Lipinski definition) is 0. The number of hydrogen-bond donors (Lipinski definition) is 0. The largest absolute Gasteiger partial charge is 0.116 e. The van der Waals surface area contributed by atoms with Crippen LogP contribution in [0.15, 0.2) is 0 Å². The summed E-state index contributed by atoms with van der Waals surface area (Å²) in [7, 11) is 0.500. The molecule has 0 spiro atoms. The van der Waals surface area contributed by atoms with Gasteiger partial charge in [0.1, 0.15) is 0 Å². The zero-order valence-electron chi connectivity index (χ0n) is 13.2. The van der Waals surface area contributed by atoms with Gasteiger partial charge in [0.25, 0.3) is 0 Å². The fourth-order valence-electron chi connectivity index (χ4n) is 0.642. The monoisotopic (exact) mass is 331 g/mol. The van der Waals surface area contributed by atoms with Gasteiger partial charge in [-0.2, -0.15) is 0 Å². The van der Waals surface area contributed by atoms with Crippen molar-refractivity contribution < 1.29 is 21.7 Å². The molecule has 19 heavy (non-hydrogen) atoms. The van der Waals surface area contributed by atoms with Gasteiger partial charge in [-0.25, -0.2) is 0 Å². The Kier molecular flexibility index (Phi) is 29.4. The van der Waals surface area contributed by atoms with Crippen molar-refractivity contribution in [1.82, 2.24) is 0 Å². The van der Waals surface area contributed by atoms with Crippen LogP contribution in [0.25, 0.3) is 0 Å². The first-order chi connectivity index (χ1) is 8.46. The van der Waals surface area contributed by atoms with Gasteiger partial charge in [0, 0.05) is 41.7 Å². The van der Waals surface area contributed by atoms with Crippen molar-refractivity contribution in [2.24, 2.45) is 0 Å². The van der Waals surface area contributed by atoms with E-state index in [1.165, 1.54) is 0 Å². The molecule has 0 unspecified atom stereocenters. The Bertz CT molecular complexity index is 94.0. The summed E-state index contributed by atoms with van der Waals surface area (Å²) in [5.41, 5.74) is 0. The maximum absolute atomic E-state index is 2.27. The van der Waals surface area contributed by atoms with Gasteiger partial charge in [0.15, 0.2) is 0 Å². The Morgan fingerprint density at radius 2 is 0.579 bits per heavy atom. The van der Waals surface area contributed by atoms with Gasteiger partial charge in [-0.05, 0) is 92.1 Å². The molecule has 2 aliphatic rings. The standard InChI is InChI=1S/2C5H5.2C3H9P.Ti/c2*1-2-4-5-3-1;2*1-4(2)3;/h2*1-5H;2*1-3H3;/p+1. The topological polar surface area (TPSA) is 0 Å². The van der Waals surface area contributed by atoms with E-state index in [0.717, 1.165) is 0 Å². The van der Waals surface area contributed by atoms with Gasteiger partial charge < -0.3 is 0 Å². The van der Waals surface area contributed by atoms with Gasteiger partial charge in [0.2, 0.25) is 0 Å². The number of rotatable bonds is 0. The van der Waals surface area contributed by atoms with E-state index in [1.807, 2.05) is 64.2 Å². The summed E-state index contributed by atoms with van der Waals surface area (Å²) < 4.78 is 0. The van der Waals surface area contributed by atoms with E-state index < -0.39 is 0 Å². The molecule has 0 aromatic rings. The Labute approximate surface area is 141 Å². The van der Waals surface area contributed by atoms with Gasteiger partial charge >= 0.3 is 0 Å². The molecule has 0 aromatic heterocycles. The molecular weight excluding hydrogens is 302 g/mol. The van der Waals surface area contributed by atoms with Crippen molar-refractivity contribution in [2.45, 2.75) is 0 Å². The van der Waals surface area contributed by atoms with Gasteiger partial charge in [0.05, 0.1) is 0 Å². The van der Waals surface area contributed by atoms with E-state index in [-0.39, 0.29) is 29.6 Å². The minimum Gasteiger partial charge on any atom is -0.116 e. The second-order valence-corrected chi connectivity index (χ2v) is 10.4. The van der Waals surface area contributed by atoms with E-state index in [9.17, 15) is 0 Å². The summed E-state index contributed by atoms with van der Waals surface area (Å²) in [5, 5.41) is 0. The van der Waals surface area contributed by atoms with Crippen molar-refractivity contribution in [3.05, 3.63) is 64.2 Å². The molecule has 2 rings (SSSR count). The van der Waals surface area contributed by atoms with Gasteiger partial charge in [-0.15, -0.1) is 7.92 Å². The molecule has 10 radical (unpaired) electrons. The fraction of sp³-hybridized carbons (Fsp3) is 0.375. The molecule has 2 fully saturated rings. The van der Waals surface area contributed by atoms with Crippen LogP contribution in [-0.4, -0.2) is 40.0 Å². The summed E-state index contributed by atoms with van der Waals surface area (Å²) in [6.07, 6.45) is 20.0. The minimum absolute atomic E-state index is 0. The molecule has 0 atom stereocenters. The van der Waals surface area contributed by atoms with E-state index in [2.05, 4.69) is 40.0 Å². The first-order valence-electron chi connectivity index (χ1n) is 6.17. The van der Waals surface area contributed by atoms with Crippen LogP contribution in [-0.2, 0) is 21.7 Å². The molecule has 0 heterocycles. The van der Waals surface area contributed by atoms with Crippen LogP contribution >= 0.6 is 15.8 Å². The smallest absolute Gasteiger partial charge is 0.0461 e. The first-order valence-corrected chi connectivity index (χ1v) is 11.9. The summed E-state index contributed by atoms with van der Waals surface area (Å²) in [5.74, 6) is 0. The van der Waals surface area contributed by atoms with Crippen LogP contribution in [0.1, 0.15) is 0 Å². The molecule has 0 aliphatic heterocycles. The Hall–Kier alpha value is 1.57. The van der Waals surface area contributed by atoms with Crippen LogP contribution < -0.4 is 0 Å². The molecule has 0 N–H and O–H groups in total. The Morgan fingerprint density at radius 1 is 0.526 bits per heavy atom. The fourth-order valence-corrected chi connectivity index (χ4v) is 0.642. The molecule has 0 nitrogen and oxygen atoms in total. The third-order valence-corrected chi connectivity index (χ3v) is 1.11. The predicted octanol–water partition coefficient (Wildman–Crippen LogP) is 4.49. The van der Waals surface area contributed by atoms with Crippen molar-refractivity contribution in [2.75, 3.05) is 40.0 Å². The minimum atomic E-state index is 0. The SMILES string of the molecule is CP(C)C.C[PH+](C)C.[CH]1[CH][CH][CH][CH]1.[CH]1[CH][CH][CH][CH]1.[Ti]. The normalized spacial score (nSPS) is 16.4. The van der Waals surface area contributed by atoms with Gasteiger partial charge in [-0.1, -0.05) is 0 Å². The van der Waals surface area contributed by atoms with E-state index >= 15 is 0 Å². The molecule has 0 bridgehead atoms. The van der Waals surface area contributed by atoms with Crippen LogP contribution in [0.3, 0.4) is 0 Å². The first kappa shape index (κ1) is 25.5. The summed E-state index contributed by atoms with van der Waals surface area (Å²) in [6.45, 7) is 13.5. The molecule has 0 amide bonds. The Morgan fingerprint density at radius 3 is 0.632 bits per heavy atom. The summed E-state index contributed by atoms with van der Waals surface area (Å²) >= 11 is 0. The Balaban J connectivity index is -0.000000178. The zero-order valence-corrected chi connectivity index (χ0v) is 16.7. The second kappa shape index (κ2) is 21.9. The molecule has 106 valence electrons. The van der Waals surface area contributed by atoms with Crippen LogP contribution in [0.2, 0.25) is 0 Å². The zero-order chi connectivity index (χ0) is 14.2. The molecule has 2 aliphatic carbocycles. The molecule has 0 saturated heterocycles. The quantitative estimate of drug-likeness (QED) is 0.453. The van der Waals surface area contributed by atoms with E-state index in [0.29, 0.717) is 7.92 Å². The summed E-state index contributed by atoms with van der Waals surface area (Å²) in [4.78, 5) is 0. The molecule has 2 saturated carbocycles. The van der Waals surface area contributed by atoms with E-state index in [4.69, 9.17) is 0 Å². The maximum atomic E-state index is 2.27. The van der Waals surface area contributed by atoms with Crippen molar-refractivity contribution >= 4 is 15.8 Å². The third-order valence-electron chi connectivity index (χ3n) is 1.11. The third kappa shape index (κ3) is 45.1. The van der Waals surface area contributed by atoms with Crippen LogP contribution in [0.4, 0.5) is 0 Å². The molecular formula is C16H29P2Ti+. The predicted molar refractivity (Wildman–Crippen MR) is 93.8 cm³/mol. The van der Waals surface area contributed by atoms with Crippen LogP contribution in [0.5, 0.6) is 0 Å². The average Bonchev–Trinajstić information content (AvgIpc) is 2.96. The molecule has 3 heteroatoms. The average molecular weight is 331 g/mol. The maximum Gasteiger partial charge on any atom is 0.0461 e. The summed E-state index contributed by atoms with van der Waals surface area (Å²) in [6, 6.07) is 0. The van der Waals surface area contributed by atoms with Crippen molar-refractivity contribution in [3.63, 3.8) is 0 Å². The van der Waals surface area contributed by atoms with E-state index in [1.54, 1.807) is 0 Å².